The largest absolute Gasteiger partial charge is 0.497 e. The molecule has 0 spiro atoms. The third kappa shape index (κ3) is 4.60. The highest BCUT2D eigenvalue weighted by Gasteiger charge is 2.05. The zero-order valence-electron chi connectivity index (χ0n) is 13.2. The normalized spacial score (nSPS) is 10.6. The van der Waals surface area contributed by atoms with Crippen molar-refractivity contribution in [1.82, 2.24) is 0 Å². The summed E-state index contributed by atoms with van der Waals surface area (Å²) in [5.74, 6) is 1.13. The van der Waals surface area contributed by atoms with E-state index in [1.165, 1.54) is 6.08 Å². The van der Waals surface area contributed by atoms with E-state index in [1.807, 2.05) is 37.3 Å². The van der Waals surface area contributed by atoms with Crippen LogP contribution in [0.25, 0.3) is 6.08 Å². The Labute approximate surface area is 144 Å². The van der Waals surface area contributed by atoms with Crippen LogP contribution >= 0.6 is 15.9 Å². The second-order valence-electron chi connectivity index (χ2n) is 4.91. The van der Waals surface area contributed by atoms with E-state index in [1.54, 1.807) is 26.4 Å². The molecule has 0 saturated heterocycles. The molecule has 120 valence electrons. The molecule has 0 bridgehead atoms. The average molecular weight is 376 g/mol. The third-order valence-electron chi connectivity index (χ3n) is 3.24. The van der Waals surface area contributed by atoms with E-state index in [2.05, 4.69) is 21.2 Å². The lowest BCUT2D eigenvalue weighted by molar-refractivity contribution is -0.111. The Morgan fingerprint density at radius 3 is 2.57 bits per heavy atom. The van der Waals surface area contributed by atoms with Crippen LogP contribution in [0.1, 0.15) is 11.1 Å². The summed E-state index contributed by atoms with van der Waals surface area (Å²) in [7, 11) is 3.17. The van der Waals surface area contributed by atoms with Crippen molar-refractivity contribution in [1.29, 1.82) is 0 Å². The molecular weight excluding hydrogens is 358 g/mol. The van der Waals surface area contributed by atoms with E-state index in [0.717, 1.165) is 21.3 Å². The number of nitrogens with one attached hydrogen (secondary N) is 1. The number of amides is 1. The fraction of sp³-hybridized carbons (Fsp3) is 0.167. The summed E-state index contributed by atoms with van der Waals surface area (Å²) in [5.41, 5.74) is 2.65. The zero-order valence-corrected chi connectivity index (χ0v) is 14.8. The van der Waals surface area contributed by atoms with Crippen LogP contribution in [0.2, 0.25) is 0 Å². The number of ether oxygens (including phenoxy) is 2. The van der Waals surface area contributed by atoms with Gasteiger partial charge in [-0.3, -0.25) is 4.79 Å². The number of aryl methyl sites for hydroxylation is 1. The molecule has 2 aromatic rings. The Hall–Kier alpha value is -2.27. The first-order valence-electron chi connectivity index (χ1n) is 7.00. The van der Waals surface area contributed by atoms with Crippen molar-refractivity contribution in [3.63, 3.8) is 0 Å². The number of benzene rings is 2. The predicted molar refractivity (Wildman–Crippen MR) is 96.1 cm³/mol. The van der Waals surface area contributed by atoms with Gasteiger partial charge in [0.15, 0.2) is 0 Å². The topological polar surface area (TPSA) is 47.6 Å². The van der Waals surface area contributed by atoms with Gasteiger partial charge in [0.25, 0.3) is 0 Å². The van der Waals surface area contributed by atoms with E-state index < -0.39 is 0 Å². The lowest BCUT2D eigenvalue weighted by atomic mass is 10.1. The number of carbonyl (C=O) groups excluding carboxylic acids is 1. The molecule has 1 amide bonds. The van der Waals surface area contributed by atoms with Gasteiger partial charge in [-0.05, 0) is 58.8 Å². The fourth-order valence-corrected chi connectivity index (χ4v) is 2.61. The molecular formula is C18H18BrNO3. The minimum Gasteiger partial charge on any atom is -0.497 e. The number of methoxy groups -OCH3 is 2. The molecule has 0 aromatic heterocycles. The van der Waals surface area contributed by atoms with E-state index in [0.29, 0.717) is 11.5 Å². The van der Waals surface area contributed by atoms with Gasteiger partial charge < -0.3 is 14.8 Å². The lowest BCUT2D eigenvalue weighted by Crippen LogP contribution is -2.08. The molecule has 0 atom stereocenters. The summed E-state index contributed by atoms with van der Waals surface area (Å²) in [5, 5.41) is 2.83. The van der Waals surface area contributed by atoms with Gasteiger partial charge in [-0.25, -0.2) is 0 Å². The van der Waals surface area contributed by atoms with Crippen molar-refractivity contribution >= 4 is 33.6 Å². The highest BCUT2D eigenvalue weighted by molar-refractivity contribution is 9.10. The van der Waals surface area contributed by atoms with E-state index >= 15 is 0 Å². The van der Waals surface area contributed by atoms with Crippen LogP contribution < -0.4 is 14.8 Å². The Bertz CT molecular complexity index is 741. The summed E-state index contributed by atoms with van der Waals surface area (Å²) < 4.78 is 11.3. The summed E-state index contributed by atoms with van der Waals surface area (Å²) in [6, 6.07) is 11.2. The van der Waals surface area contributed by atoms with Gasteiger partial charge in [-0.1, -0.05) is 6.07 Å². The molecule has 23 heavy (non-hydrogen) atoms. The highest BCUT2D eigenvalue weighted by atomic mass is 79.9. The van der Waals surface area contributed by atoms with Crippen molar-refractivity contribution in [3.05, 3.63) is 58.1 Å². The average Bonchev–Trinajstić information content (AvgIpc) is 2.55. The molecule has 0 aliphatic heterocycles. The number of halogens is 1. The summed E-state index contributed by atoms with van der Waals surface area (Å²) in [6.07, 6.45) is 3.17. The van der Waals surface area contributed by atoms with Gasteiger partial charge in [-0.2, -0.15) is 0 Å². The molecule has 4 nitrogen and oxygen atoms in total. The predicted octanol–water partition coefficient (Wildman–Crippen LogP) is 4.43. The van der Waals surface area contributed by atoms with Gasteiger partial charge in [0.05, 0.1) is 19.9 Å². The molecule has 2 aromatic carbocycles. The van der Waals surface area contributed by atoms with Crippen molar-refractivity contribution in [2.75, 3.05) is 19.5 Å². The van der Waals surface area contributed by atoms with E-state index in [4.69, 9.17) is 9.47 Å². The molecule has 0 heterocycles. The van der Waals surface area contributed by atoms with Crippen LogP contribution in [0.5, 0.6) is 11.5 Å². The quantitative estimate of drug-likeness (QED) is 0.786. The Balaban J connectivity index is 2.12. The van der Waals surface area contributed by atoms with Crippen molar-refractivity contribution in [2.24, 2.45) is 0 Å². The van der Waals surface area contributed by atoms with Gasteiger partial charge in [-0.15, -0.1) is 0 Å². The first kappa shape index (κ1) is 17.1. The monoisotopic (exact) mass is 375 g/mol. The molecule has 0 unspecified atom stereocenters. The zero-order chi connectivity index (χ0) is 16.8. The minimum absolute atomic E-state index is 0.215. The number of hydrogen-bond donors (Lipinski definition) is 1. The number of carbonyl (C=O) groups is 1. The third-order valence-corrected chi connectivity index (χ3v) is 3.89. The van der Waals surface area contributed by atoms with Gasteiger partial charge >= 0.3 is 0 Å². The van der Waals surface area contributed by atoms with E-state index in [9.17, 15) is 4.79 Å². The SMILES string of the molecule is COc1ccc(/C=C/C(=O)Nc2ccc(C)cc2Br)c(OC)c1. The van der Waals surface area contributed by atoms with Crippen molar-refractivity contribution in [3.8, 4) is 11.5 Å². The maximum Gasteiger partial charge on any atom is 0.248 e. The van der Waals surface area contributed by atoms with Crippen molar-refractivity contribution < 1.29 is 14.3 Å². The van der Waals surface area contributed by atoms with Crippen LogP contribution in [0.15, 0.2) is 46.9 Å². The second-order valence-corrected chi connectivity index (χ2v) is 5.77. The van der Waals surface area contributed by atoms with E-state index in [-0.39, 0.29) is 5.91 Å². The second kappa shape index (κ2) is 7.83. The fourth-order valence-electron chi connectivity index (χ4n) is 2.02. The molecule has 0 radical (unpaired) electrons. The maximum absolute atomic E-state index is 12.1. The summed E-state index contributed by atoms with van der Waals surface area (Å²) in [6.45, 7) is 1.99. The molecule has 0 fully saturated rings. The highest BCUT2D eigenvalue weighted by Crippen LogP contribution is 2.26. The molecule has 0 aliphatic rings. The first-order valence-corrected chi connectivity index (χ1v) is 7.80. The maximum atomic E-state index is 12.1. The molecule has 2 rings (SSSR count). The van der Waals surface area contributed by atoms with Crippen LogP contribution in [-0.4, -0.2) is 20.1 Å². The molecule has 0 aliphatic carbocycles. The van der Waals surface area contributed by atoms with Crippen LogP contribution in [0.3, 0.4) is 0 Å². The van der Waals surface area contributed by atoms with Gasteiger partial charge in [0, 0.05) is 22.2 Å². The van der Waals surface area contributed by atoms with Crippen molar-refractivity contribution in [2.45, 2.75) is 6.92 Å². The molecule has 1 N–H and O–H groups in total. The minimum atomic E-state index is -0.215. The van der Waals surface area contributed by atoms with Gasteiger partial charge in [0.2, 0.25) is 5.91 Å². The molecule has 0 saturated carbocycles. The molecule has 5 heteroatoms. The van der Waals surface area contributed by atoms with Crippen LogP contribution in [-0.2, 0) is 4.79 Å². The lowest BCUT2D eigenvalue weighted by Gasteiger charge is -2.08. The summed E-state index contributed by atoms with van der Waals surface area (Å²) in [4.78, 5) is 12.1. The number of anilines is 1. The number of hydrogen-bond acceptors (Lipinski definition) is 3. The Morgan fingerprint density at radius 2 is 1.91 bits per heavy atom. The smallest absolute Gasteiger partial charge is 0.248 e. The van der Waals surface area contributed by atoms with Crippen LogP contribution in [0, 0.1) is 6.92 Å². The van der Waals surface area contributed by atoms with Gasteiger partial charge in [0.1, 0.15) is 11.5 Å². The number of rotatable bonds is 5. The van der Waals surface area contributed by atoms with Crippen LogP contribution in [0.4, 0.5) is 5.69 Å². The Kier molecular flexibility index (Phi) is 5.82. The Morgan fingerprint density at radius 1 is 1.13 bits per heavy atom. The standard InChI is InChI=1S/C18H18BrNO3/c1-12-4-8-16(15(19)10-12)20-18(21)9-6-13-5-7-14(22-2)11-17(13)23-3/h4-11H,1-3H3,(H,20,21)/b9-6+. The summed E-state index contributed by atoms with van der Waals surface area (Å²) >= 11 is 3.44. The first-order chi connectivity index (χ1) is 11.0.